The third-order valence-electron chi connectivity index (χ3n) is 1.56. The summed E-state index contributed by atoms with van der Waals surface area (Å²) in [6.45, 7) is 0.135. The Bertz CT molecular complexity index is 262. The Morgan fingerprint density at radius 1 is 1.50 bits per heavy atom. The van der Waals surface area contributed by atoms with Gasteiger partial charge in [0, 0.05) is 0 Å². The second-order valence-electron chi connectivity index (χ2n) is 2.27. The average molecular weight is 169 g/mol. The highest BCUT2D eigenvalue weighted by Crippen LogP contribution is 2.27. The lowest BCUT2D eigenvalue weighted by atomic mass is 10.2. The minimum absolute atomic E-state index is 0.125. The molecule has 1 aromatic rings. The van der Waals surface area contributed by atoms with E-state index in [1.54, 1.807) is 18.2 Å². The Morgan fingerprint density at radius 2 is 2.25 bits per heavy atom. The first-order chi connectivity index (χ1) is 5.79. The molecule has 0 aromatic heterocycles. The van der Waals surface area contributed by atoms with Crippen LogP contribution in [-0.2, 0) is 11.4 Å². The largest absolute Gasteiger partial charge is 0.507 e. The fraction of sp³-hybridized carbons (Fsp3) is 0.250. The predicted octanol–water partition coefficient (Wildman–Crippen LogP) is 0.791. The predicted molar refractivity (Wildman–Crippen MR) is 43.6 cm³/mol. The van der Waals surface area contributed by atoms with Crippen molar-refractivity contribution in [3.8, 4) is 11.5 Å². The molecule has 3 N–H and O–H groups in total. The number of phenolic OH excluding ortho intramolecular Hbond substituents is 1. The van der Waals surface area contributed by atoms with Crippen molar-refractivity contribution < 1.29 is 14.7 Å². The number of benzene rings is 1. The van der Waals surface area contributed by atoms with Gasteiger partial charge in [-0.3, -0.25) is 4.84 Å². The third-order valence-corrected chi connectivity index (χ3v) is 1.56. The van der Waals surface area contributed by atoms with E-state index in [9.17, 15) is 5.11 Å². The van der Waals surface area contributed by atoms with Crippen LogP contribution >= 0.6 is 0 Å². The van der Waals surface area contributed by atoms with Crippen molar-refractivity contribution in [1.82, 2.24) is 0 Å². The second-order valence-corrected chi connectivity index (χ2v) is 2.27. The van der Waals surface area contributed by atoms with Gasteiger partial charge >= 0.3 is 0 Å². The standard InChI is InChI=1S/C8H11NO3/c1-11-8-4-2-3-7(10)6(8)5-12-9/h2-4,10H,5,9H2,1H3. The van der Waals surface area contributed by atoms with Gasteiger partial charge in [-0.2, -0.15) is 0 Å². The lowest BCUT2D eigenvalue weighted by Crippen LogP contribution is -2.01. The molecule has 0 saturated heterocycles. The molecular formula is C8H11NO3. The molecule has 1 aromatic carbocycles. The highest BCUT2D eigenvalue weighted by Gasteiger charge is 2.06. The molecule has 4 heteroatoms. The number of hydrogen-bond acceptors (Lipinski definition) is 4. The zero-order valence-corrected chi connectivity index (χ0v) is 6.78. The van der Waals surface area contributed by atoms with Crippen molar-refractivity contribution in [1.29, 1.82) is 0 Å². The van der Waals surface area contributed by atoms with E-state index in [0.717, 1.165) is 0 Å². The number of rotatable bonds is 3. The normalized spacial score (nSPS) is 9.83. The first-order valence-electron chi connectivity index (χ1n) is 3.46. The van der Waals surface area contributed by atoms with Gasteiger partial charge in [-0.25, -0.2) is 5.90 Å². The Hall–Kier alpha value is -1.26. The molecule has 0 bridgehead atoms. The molecule has 0 spiro atoms. The van der Waals surface area contributed by atoms with Gasteiger partial charge in [-0.15, -0.1) is 0 Å². The molecular weight excluding hydrogens is 158 g/mol. The lowest BCUT2D eigenvalue weighted by Gasteiger charge is -2.08. The monoisotopic (exact) mass is 169 g/mol. The van der Waals surface area contributed by atoms with Crippen LogP contribution in [0.3, 0.4) is 0 Å². The molecule has 0 aliphatic heterocycles. The average Bonchev–Trinajstić information content (AvgIpc) is 2.09. The molecule has 4 nitrogen and oxygen atoms in total. The van der Waals surface area contributed by atoms with E-state index in [1.165, 1.54) is 7.11 Å². The van der Waals surface area contributed by atoms with E-state index < -0.39 is 0 Å². The molecule has 1 rings (SSSR count). The van der Waals surface area contributed by atoms with Crippen LogP contribution in [-0.4, -0.2) is 12.2 Å². The Balaban J connectivity index is 3.02. The highest BCUT2D eigenvalue weighted by atomic mass is 16.6. The topological polar surface area (TPSA) is 64.7 Å². The van der Waals surface area contributed by atoms with Gasteiger partial charge in [0.2, 0.25) is 0 Å². The summed E-state index contributed by atoms with van der Waals surface area (Å²) in [6.07, 6.45) is 0. The quantitative estimate of drug-likeness (QED) is 0.656. The fourth-order valence-electron chi connectivity index (χ4n) is 0.974. The van der Waals surface area contributed by atoms with Crippen LogP contribution in [0, 0.1) is 0 Å². The SMILES string of the molecule is COc1cccc(O)c1CON. The number of phenols is 1. The molecule has 66 valence electrons. The molecule has 0 fully saturated rings. The summed E-state index contributed by atoms with van der Waals surface area (Å²) in [4.78, 5) is 4.41. The number of nitrogens with two attached hydrogens (primary N) is 1. The smallest absolute Gasteiger partial charge is 0.128 e. The molecule has 0 unspecified atom stereocenters. The van der Waals surface area contributed by atoms with Crippen LogP contribution in [0.5, 0.6) is 11.5 Å². The fourth-order valence-corrected chi connectivity index (χ4v) is 0.974. The van der Waals surface area contributed by atoms with Gasteiger partial charge in [-0.05, 0) is 12.1 Å². The molecule has 0 atom stereocenters. The highest BCUT2D eigenvalue weighted by molar-refractivity contribution is 5.43. The zero-order valence-electron chi connectivity index (χ0n) is 6.78. The van der Waals surface area contributed by atoms with Crippen molar-refractivity contribution in [3.63, 3.8) is 0 Å². The van der Waals surface area contributed by atoms with Crippen LogP contribution in [0.2, 0.25) is 0 Å². The lowest BCUT2D eigenvalue weighted by molar-refractivity contribution is 0.120. The van der Waals surface area contributed by atoms with Crippen molar-refractivity contribution in [3.05, 3.63) is 23.8 Å². The first-order valence-corrected chi connectivity index (χ1v) is 3.46. The maximum Gasteiger partial charge on any atom is 0.128 e. The molecule has 0 radical (unpaired) electrons. The summed E-state index contributed by atoms with van der Waals surface area (Å²) < 4.78 is 4.98. The van der Waals surface area contributed by atoms with Gasteiger partial charge in [-0.1, -0.05) is 6.07 Å². The minimum Gasteiger partial charge on any atom is -0.507 e. The van der Waals surface area contributed by atoms with Crippen molar-refractivity contribution in [2.24, 2.45) is 5.90 Å². The molecule has 0 amide bonds. The number of methoxy groups -OCH3 is 1. The third kappa shape index (κ3) is 1.66. The van der Waals surface area contributed by atoms with E-state index >= 15 is 0 Å². The molecule has 0 saturated carbocycles. The molecule has 0 aliphatic rings. The summed E-state index contributed by atoms with van der Waals surface area (Å²) in [6, 6.07) is 4.97. The van der Waals surface area contributed by atoms with E-state index in [1.807, 2.05) is 0 Å². The summed E-state index contributed by atoms with van der Waals surface area (Å²) in [7, 11) is 1.52. The summed E-state index contributed by atoms with van der Waals surface area (Å²) in [5.41, 5.74) is 0.558. The van der Waals surface area contributed by atoms with Gasteiger partial charge in [0.1, 0.15) is 18.1 Å². The van der Waals surface area contributed by atoms with Crippen LogP contribution in [0.25, 0.3) is 0 Å². The summed E-state index contributed by atoms with van der Waals surface area (Å²) in [5.74, 6) is 5.58. The van der Waals surface area contributed by atoms with E-state index in [4.69, 9.17) is 10.6 Å². The van der Waals surface area contributed by atoms with Gasteiger partial charge in [0.05, 0.1) is 12.7 Å². The Morgan fingerprint density at radius 3 is 2.83 bits per heavy atom. The number of aromatic hydroxyl groups is 1. The van der Waals surface area contributed by atoms with Crippen LogP contribution in [0.15, 0.2) is 18.2 Å². The van der Waals surface area contributed by atoms with Crippen molar-refractivity contribution in [2.75, 3.05) is 7.11 Å². The molecule has 12 heavy (non-hydrogen) atoms. The van der Waals surface area contributed by atoms with Gasteiger partial charge < -0.3 is 9.84 Å². The Labute approximate surface area is 70.5 Å². The van der Waals surface area contributed by atoms with Crippen LogP contribution < -0.4 is 10.6 Å². The van der Waals surface area contributed by atoms with Crippen molar-refractivity contribution >= 4 is 0 Å². The summed E-state index contributed by atoms with van der Waals surface area (Å²) in [5, 5.41) is 9.34. The Kier molecular flexibility index (Phi) is 2.90. The molecule has 0 aliphatic carbocycles. The maximum atomic E-state index is 9.34. The number of ether oxygens (including phenoxy) is 1. The van der Waals surface area contributed by atoms with E-state index in [2.05, 4.69) is 4.84 Å². The molecule has 0 heterocycles. The van der Waals surface area contributed by atoms with E-state index in [-0.39, 0.29) is 12.4 Å². The van der Waals surface area contributed by atoms with Gasteiger partial charge in [0.25, 0.3) is 0 Å². The second kappa shape index (κ2) is 3.94. The maximum absolute atomic E-state index is 9.34. The minimum atomic E-state index is 0.125. The van der Waals surface area contributed by atoms with Gasteiger partial charge in [0.15, 0.2) is 0 Å². The summed E-state index contributed by atoms with van der Waals surface area (Å²) >= 11 is 0. The van der Waals surface area contributed by atoms with Crippen LogP contribution in [0.1, 0.15) is 5.56 Å². The number of hydrogen-bond donors (Lipinski definition) is 2. The van der Waals surface area contributed by atoms with Crippen molar-refractivity contribution in [2.45, 2.75) is 6.61 Å². The first kappa shape index (κ1) is 8.83. The zero-order chi connectivity index (χ0) is 8.97. The van der Waals surface area contributed by atoms with E-state index in [0.29, 0.717) is 11.3 Å². The van der Waals surface area contributed by atoms with Crippen LogP contribution in [0.4, 0.5) is 0 Å².